The van der Waals surface area contributed by atoms with Crippen LogP contribution in [0.1, 0.15) is 5.56 Å². The van der Waals surface area contributed by atoms with Crippen molar-refractivity contribution in [3.8, 4) is 11.5 Å². The first kappa shape index (κ1) is 13.5. The van der Waals surface area contributed by atoms with Gasteiger partial charge in [0.1, 0.15) is 17.3 Å². The molecule has 0 atom stereocenters. The van der Waals surface area contributed by atoms with Crippen LogP contribution in [0.25, 0.3) is 10.9 Å². The minimum absolute atomic E-state index is 0.329. The number of nitrogens with two attached hydrogens (primary N) is 1. The highest BCUT2D eigenvalue weighted by Crippen LogP contribution is 2.25. The first-order valence-corrected chi connectivity index (χ1v) is 6.77. The average molecular weight is 282 g/mol. The molecule has 0 amide bonds. The average Bonchev–Trinajstić information content (AvgIpc) is 2.47. The molecule has 0 spiro atoms. The van der Waals surface area contributed by atoms with E-state index in [-0.39, 0.29) is 5.82 Å². The van der Waals surface area contributed by atoms with E-state index in [1.54, 1.807) is 12.3 Å². The molecule has 0 bridgehead atoms. The van der Waals surface area contributed by atoms with Crippen LogP contribution in [0.2, 0.25) is 0 Å². The van der Waals surface area contributed by atoms with Crippen molar-refractivity contribution in [1.82, 2.24) is 4.98 Å². The number of halogens is 1. The van der Waals surface area contributed by atoms with Crippen LogP contribution in [-0.4, -0.2) is 11.5 Å². The van der Waals surface area contributed by atoms with Crippen molar-refractivity contribution in [2.75, 3.05) is 6.54 Å². The summed E-state index contributed by atoms with van der Waals surface area (Å²) in [5.74, 6) is 0.707. The van der Waals surface area contributed by atoms with Crippen molar-refractivity contribution in [2.24, 2.45) is 5.73 Å². The zero-order chi connectivity index (χ0) is 14.7. The number of ether oxygens (including phenoxy) is 1. The molecule has 3 nitrogen and oxygen atoms in total. The van der Waals surface area contributed by atoms with Crippen molar-refractivity contribution in [3.63, 3.8) is 0 Å². The highest BCUT2D eigenvalue weighted by atomic mass is 19.1. The summed E-state index contributed by atoms with van der Waals surface area (Å²) in [7, 11) is 0. The van der Waals surface area contributed by atoms with E-state index in [2.05, 4.69) is 4.98 Å². The number of fused-ring (bicyclic) bond motifs is 1. The predicted molar refractivity (Wildman–Crippen MR) is 81.0 cm³/mol. The Hall–Kier alpha value is -2.46. The Kier molecular flexibility index (Phi) is 3.79. The zero-order valence-electron chi connectivity index (χ0n) is 11.4. The van der Waals surface area contributed by atoms with Gasteiger partial charge in [-0.1, -0.05) is 18.2 Å². The highest BCUT2D eigenvalue weighted by Gasteiger charge is 2.04. The number of nitrogens with zero attached hydrogens (tertiary/aromatic N) is 1. The molecule has 1 aromatic heterocycles. The number of rotatable bonds is 4. The molecule has 21 heavy (non-hydrogen) atoms. The summed E-state index contributed by atoms with van der Waals surface area (Å²) in [5.41, 5.74) is 7.22. The van der Waals surface area contributed by atoms with Crippen LogP contribution < -0.4 is 10.5 Å². The van der Waals surface area contributed by atoms with Crippen LogP contribution in [0.3, 0.4) is 0 Å². The number of benzene rings is 2. The lowest BCUT2D eigenvalue weighted by molar-refractivity contribution is 0.474. The molecular formula is C17H15FN2O. The standard InChI is InChI=1S/C17H15FN2O/c18-14-7-12(5-6-19)8-15(10-14)21-16-9-13-3-1-2-4-17(13)20-11-16/h1-4,7-11H,5-6,19H2. The van der Waals surface area contributed by atoms with Crippen LogP contribution >= 0.6 is 0 Å². The van der Waals surface area contributed by atoms with E-state index >= 15 is 0 Å². The third kappa shape index (κ3) is 3.17. The number of hydrogen-bond donors (Lipinski definition) is 1. The van der Waals surface area contributed by atoms with Crippen LogP contribution in [0.15, 0.2) is 54.7 Å². The first-order chi connectivity index (χ1) is 10.2. The fourth-order valence-electron chi connectivity index (χ4n) is 2.23. The Morgan fingerprint density at radius 3 is 2.76 bits per heavy atom. The van der Waals surface area contributed by atoms with Crippen LogP contribution in [0.5, 0.6) is 11.5 Å². The molecule has 0 saturated heterocycles. The molecule has 0 saturated carbocycles. The van der Waals surface area contributed by atoms with Gasteiger partial charge in [-0.3, -0.25) is 4.98 Å². The fraction of sp³-hybridized carbons (Fsp3) is 0.118. The second-order valence-corrected chi connectivity index (χ2v) is 4.80. The summed E-state index contributed by atoms with van der Waals surface area (Å²) >= 11 is 0. The van der Waals surface area contributed by atoms with Gasteiger partial charge in [0.2, 0.25) is 0 Å². The van der Waals surface area contributed by atoms with Gasteiger partial charge in [0, 0.05) is 11.5 Å². The second-order valence-electron chi connectivity index (χ2n) is 4.80. The second kappa shape index (κ2) is 5.89. The first-order valence-electron chi connectivity index (χ1n) is 6.77. The number of para-hydroxylation sites is 1. The summed E-state index contributed by atoms with van der Waals surface area (Å²) in [4.78, 5) is 4.32. The van der Waals surface area contributed by atoms with Crippen molar-refractivity contribution in [3.05, 3.63) is 66.1 Å². The number of aromatic nitrogens is 1. The fourth-order valence-corrected chi connectivity index (χ4v) is 2.23. The Labute approximate surface area is 122 Å². The molecular weight excluding hydrogens is 267 g/mol. The monoisotopic (exact) mass is 282 g/mol. The van der Waals surface area contributed by atoms with E-state index in [0.29, 0.717) is 24.5 Å². The molecule has 2 N–H and O–H groups in total. The van der Waals surface area contributed by atoms with Crippen molar-refractivity contribution < 1.29 is 9.13 Å². The van der Waals surface area contributed by atoms with Gasteiger partial charge in [-0.05, 0) is 42.8 Å². The van der Waals surface area contributed by atoms with E-state index in [1.165, 1.54) is 12.1 Å². The van der Waals surface area contributed by atoms with Gasteiger partial charge in [0.05, 0.1) is 11.7 Å². The molecule has 0 radical (unpaired) electrons. The Bertz CT molecular complexity index is 774. The molecule has 0 aliphatic rings. The van der Waals surface area contributed by atoms with E-state index in [4.69, 9.17) is 10.5 Å². The lowest BCUT2D eigenvalue weighted by atomic mass is 10.1. The molecule has 3 rings (SSSR count). The SMILES string of the molecule is NCCc1cc(F)cc(Oc2cnc3ccccc3c2)c1. The summed E-state index contributed by atoms with van der Waals surface area (Å²) in [6.07, 6.45) is 2.25. The van der Waals surface area contributed by atoms with Crippen molar-refractivity contribution in [1.29, 1.82) is 0 Å². The van der Waals surface area contributed by atoms with Gasteiger partial charge in [-0.25, -0.2) is 4.39 Å². The molecule has 106 valence electrons. The van der Waals surface area contributed by atoms with Crippen LogP contribution in [0, 0.1) is 5.82 Å². The Morgan fingerprint density at radius 1 is 1.05 bits per heavy atom. The van der Waals surface area contributed by atoms with E-state index in [9.17, 15) is 4.39 Å². The Morgan fingerprint density at radius 2 is 1.90 bits per heavy atom. The number of hydrogen-bond acceptors (Lipinski definition) is 3. The number of pyridine rings is 1. The molecule has 3 aromatic rings. The maximum absolute atomic E-state index is 13.6. The molecule has 0 aliphatic carbocycles. The summed E-state index contributed by atoms with van der Waals surface area (Å²) in [6, 6.07) is 14.3. The summed E-state index contributed by atoms with van der Waals surface area (Å²) in [6.45, 7) is 0.473. The topological polar surface area (TPSA) is 48.1 Å². The summed E-state index contributed by atoms with van der Waals surface area (Å²) < 4.78 is 19.3. The molecule has 1 heterocycles. The minimum atomic E-state index is -0.329. The largest absolute Gasteiger partial charge is 0.456 e. The zero-order valence-corrected chi connectivity index (χ0v) is 11.4. The summed E-state index contributed by atoms with van der Waals surface area (Å²) in [5, 5.41) is 0.980. The third-order valence-electron chi connectivity index (χ3n) is 3.17. The smallest absolute Gasteiger partial charge is 0.146 e. The van der Waals surface area contributed by atoms with E-state index in [1.807, 2.05) is 30.3 Å². The van der Waals surface area contributed by atoms with E-state index in [0.717, 1.165) is 16.5 Å². The molecule has 0 aliphatic heterocycles. The van der Waals surface area contributed by atoms with Gasteiger partial charge in [-0.2, -0.15) is 0 Å². The molecule has 0 unspecified atom stereocenters. The lowest BCUT2D eigenvalue weighted by Gasteiger charge is -2.08. The predicted octanol–water partition coefficient (Wildman–Crippen LogP) is 3.67. The third-order valence-corrected chi connectivity index (χ3v) is 3.17. The van der Waals surface area contributed by atoms with E-state index < -0.39 is 0 Å². The maximum atomic E-state index is 13.6. The maximum Gasteiger partial charge on any atom is 0.146 e. The lowest BCUT2D eigenvalue weighted by Crippen LogP contribution is -2.03. The van der Waals surface area contributed by atoms with Crippen molar-refractivity contribution >= 4 is 10.9 Å². The van der Waals surface area contributed by atoms with Gasteiger partial charge in [-0.15, -0.1) is 0 Å². The van der Waals surface area contributed by atoms with Gasteiger partial charge >= 0.3 is 0 Å². The van der Waals surface area contributed by atoms with Gasteiger partial charge in [0.25, 0.3) is 0 Å². The van der Waals surface area contributed by atoms with Gasteiger partial charge < -0.3 is 10.5 Å². The Balaban J connectivity index is 1.90. The van der Waals surface area contributed by atoms with Gasteiger partial charge in [0.15, 0.2) is 0 Å². The normalized spacial score (nSPS) is 10.8. The molecule has 0 fully saturated rings. The van der Waals surface area contributed by atoms with Crippen LogP contribution in [-0.2, 0) is 6.42 Å². The molecule has 4 heteroatoms. The van der Waals surface area contributed by atoms with Crippen molar-refractivity contribution in [2.45, 2.75) is 6.42 Å². The molecule has 2 aromatic carbocycles. The minimum Gasteiger partial charge on any atom is -0.456 e. The highest BCUT2D eigenvalue weighted by molar-refractivity contribution is 5.79. The van der Waals surface area contributed by atoms with Crippen LogP contribution in [0.4, 0.5) is 4.39 Å². The quantitative estimate of drug-likeness (QED) is 0.794.